The third kappa shape index (κ3) is 2.75. The van der Waals surface area contributed by atoms with E-state index in [-0.39, 0.29) is 5.91 Å². The summed E-state index contributed by atoms with van der Waals surface area (Å²) in [7, 11) is 0. The van der Waals surface area contributed by atoms with E-state index in [0.717, 1.165) is 24.6 Å². The highest BCUT2D eigenvalue weighted by atomic mass is 16.1. The van der Waals surface area contributed by atoms with Crippen LogP contribution in [0.1, 0.15) is 23.3 Å². The zero-order chi connectivity index (χ0) is 15.6. The molecule has 3 aromatic rings. The summed E-state index contributed by atoms with van der Waals surface area (Å²) in [6, 6.07) is 9.49. The van der Waals surface area contributed by atoms with Gasteiger partial charge in [-0.3, -0.25) is 4.79 Å². The first-order valence-corrected chi connectivity index (χ1v) is 7.76. The molecule has 0 saturated carbocycles. The maximum Gasteiger partial charge on any atom is 0.275 e. The molecule has 4 rings (SSSR count). The van der Waals surface area contributed by atoms with Gasteiger partial charge in [-0.2, -0.15) is 0 Å². The molecule has 1 saturated heterocycles. The van der Waals surface area contributed by atoms with Gasteiger partial charge in [-0.05, 0) is 37.1 Å². The Labute approximate surface area is 133 Å². The molecule has 1 amide bonds. The monoisotopic (exact) mass is 307 g/mol. The van der Waals surface area contributed by atoms with Crippen LogP contribution in [0.2, 0.25) is 0 Å². The maximum atomic E-state index is 12.3. The molecule has 1 fully saturated rings. The van der Waals surface area contributed by atoms with Crippen LogP contribution in [0.25, 0.3) is 5.65 Å². The molecule has 1 N–H and O–H groups in total. The van der Waals surface area contributed by atoms with Gasteiger partial charge in [0.05, 0.1) is 11.9 Å². The zero-order valence-electron chi connectivity index (χ0n) is 12.6. The van der Waals surface area contributed by atoms with E-state index in [9.17, 15) is 4.79 Å². The number of rotatable bonds is 3. The minimum Gasteiger partial charge on any atom is -0.357 e. The second kappa shape index (κ2) is 5.72. The highest BCUT2D eigenvalue weighted by molar-refractivity contribution is 6.03. The van der Waals surface area contributed by atoms with E-state index < -0.39 is 0 Å². The summed E-state index contributed by atoms with van der Waals surface area (Å²) in [5.74, 6) is 0.734. The standard InChI is InChI=1S/C17H17N5O/c23-17(14-12-22-10-2-1-5-16(22)20-14)19-13-6-7-15(18-11-13)21-8-3-4-9-21/h1-2,5-7,10-12H,3-4,8-9H2,(H,19,23). The van der Waals surface area contributed by atoms with Gasteiger partial charge in [0.25, 0.3) is 5.91 Å². The van der Waals surface area contributed by atoms with Crippen LogP contribution in [0, 0.1) is 0 Å². The van der Waals surface area contributed by atoms with Crippen molar-refractivity contribution in [1.82, 2.24) is 14.4 Å². The Balaban J connectivity index is 1.49. The van der Waals surface area contributed by atoms with E-state index in [0.29, 0.717) is 11.4 Å². The number of fused-ring (bicyclic) bond motifs is 1. The number of hydrogen-bond donors (Lipinski definition) is 1. The predicted octanol–water partition coefficient (Wildman–Crippen LogP) is 2.58. The van der Waals surface area contributed by atoms with Gasteiger partial charge in [-0.1, -0.05) is 6.07 Å². The molecule has 23 heavy (non-hydrogen) atoms. The second-order valence-corrected chi connectivity index (χ2v) is 5.65. The molecule has 3 aromatic heterocycles. The predicted molar refractivity (Wildman–Crippen MR) is 88.8 cm³/mol. The highest BCUT2D eigenvalue weighted by Crippen LogP contribution is 2.19. The van der Waals surface area contributed by atoms with Gasteiger partial charge in [0.1, 0.15) is 17.2 Å². The Morgan fingerprint density at radius 1 is 1.13 bits per heavy atom. The van der Waals surface area contributed by atoms with E-state index >= 15 is 0 Å². The zero-order valence-corrected chi connectivity index (χ0v) is 12.6. The molecule has 1 aliphatic rings. The lowest BCUT2D eigenvalue weighted by Crippen LogP contribution is -2.19. The number of anilines is 2. The van der Waals surface area contributed by atoms with E-state index in [4.69, 9.17) is 0 Å². The van der Waals surface area contributed by atoms with Crippen LogP contribution in [0.5, 0.6) is 0 Å². The van der Waals surface area contributed by atoms with Crippen LogP contribution < -0.4 is 10.2 Å². The average molecular weight is 307 g/mol. The normalized spacial score (nSPS) is 14.3. The van der Waals surface area contributed by atoms with Crippen molar-refractivity contribution in [2.45, 2.75) is 12.8 Å². The number of imidazole rings is 1. The number of carbonyl (C=O) groups excluding carboxylic acids is 1. The average Bonchev–Trinajstić information content (AvgIpc) is 3.25. The van der Waals surface area contributed by atoms with Gasteiger partial charge in [0, 0.05) is 25.5 Å². The number of nitrogens with zero attached hydrogens (tertiary/aromatic N) is 4. The summed E-state index contributed by atoms with van der Waals surface area (Å²) in [6.07, 6.45) is 7.71. The van der Waals surface area contributed by atoms with Gasteiger partial charge in [-0.15, -0.1) is 0 Å². The molecule has 6 nitrogen and oxygen atoms in total. The SMILES string of the molecule is O=C(Nc1ccc(N2CCCC2)nc1)c1cn2ccccc2n1. The van der Waals surface area contributed by atoms with Crippen molar-refractivity contribution < 1.29 is 4.79 Å². The quantitative estimate of drug-likeness (QED) is 0.808. The molecule has 116 valence electrons. The molecule has 0 bridgehead atoms. The molecular formula is C17H17N5O. The number of carbonyl (C=O) groups is 1. The smallest absolute Gasteiger partial charge is 0.275 e. The Bertz CT molecular complexity index is 801. The third-order valence-corrected chi connectivity index (χ3v) is 4.03. The lowest BCUT2D eigenvalue weighted by Gasteiger charge is -2.16. The Hall–Kier alpha value is -2.89. The maximum absolute atomic E-state index is 12.3. The van der Waals surface area contributed by atoms with Gasteiger partial charge >= 0.3 is 0 Å². The van der Waals surface area contributed by atoms with E-state index in [2.05, 4.69) is 20.2 Å². The summed E-state index contributed by atoms with van der Waals surface area (Å²) in [5.41, 5.74) is 1.81. The Morgan fingerprint density at radius 2 is 2.00 bits per heavy atom. The van der Waals surface area contributed by atoms with Crippen LogP contribution >= 0.6 is 0 Å². The number of hydrogen-bond acceptors (Lipinski definition) is 4. The fourth-order valence-corrected chi connectivity index (χ4v) is 2.83. The number of amides is 1. The fourth-order valence-electron chi connectivity index (χ4n) is 2.83. The Morgan fingerprint density at radius 3 is 2.74 bits per heavy atom. The van der Waals surface area contributed by atoms with Crippen molar-refractivity contribution in [1.29, 1.82) is 0 Å². The van der Waals surface area contributed by atoms with Crippen molar-refractivity contribution in [3.05, 3.63) is 54.6 Å². The minimum atomic E-state index is -0.232. The first-order chi connectivity index (χ1) is 11.3. The second-order valence-electron chi connectivity index (χ2n) is 5.65. The van der Waals surface area contributed by atoms with Crippen molar-refractivity contribution in [2.75, 3.05) is 23.3 Å². The van der Waals surface area contributed by atoms with Crippen molar-refractivity contribution in [3.63, 3.8) is 0 Å². The summed E-state index contributed by atoms with van der Waals surface area (Å²) in [6.45, 7) is 2.11. The molecule has 4 heterocycles. The topological polar surface area (TPSA) is 62.5 Å². The van der Waals surface area contributed by atoms with Crippen molar-refractivity contribution in [2.24, 2.45) is 0 Å². The highest BCUT2D eigenvalue weighted by Gasteiger charge is 2.14. The van der Waals surface area contributed by atoms with E-state index in [1.807, 2.05) is 40.9 Å². The molecule has 0 unspecified atom stereocenters. The molecule has 0 aromatic carbocycles. The van der Waals surface area contributed by atoms with Gasteiger partial charge in [0.2, 0.25) is 0 Å². The molecule has 1 aliphatic heterocycles. The summed E-state index contributed by atoms with van der Waals surface area (Å²) in [4.78, 5) is 23.3. The minimum absolute atomic E-state index is 0.232. The van der Waals surface area contributed by atoms with Crippen LogP contribution in [0.3, 0.4) is 0 Å². The summed E-state index contributed by atoms with van der Waals surface area (Å²) < 4.78 is 1.82. The number of pyridine rings is 2. The molecule has 0 atom stereocenters. The molecule has 0 radical (unpaired) electrons. The van der Waals surface area contributed by atoms with Gasteiger partial charge in [-0.25, -0.2) is 9.97 Å². The molecular weight excluding hydrogens is 290 g/mol. The number of nitrogens with one attached hydrogen (secondary N) is 1. The van der Waals surface area contributed by atoms with Crippen LogP contribution in [-0.4, -0.2) is 33.4 Å². The van der Waals surface area contributed by atoms with Gasteiger partial charge in [0.15, 0.2) is 0 Å². The van der Waals surface area contributed by atoms with Crippen LogP contribution in [0.15, 0.2) is 48.9 Å². The van der Waals surface area contributed by atoms with E-state index in [1.54, 1.807) is 12.4 Å². The number of aromatic nitrogens is 3. The lowest BCUT2D eigenvalue weighted by atomic mass is 10.3. The van der Waals surface area contributed by atoms with E-state index in [1.165, 1.54) is 12.8 Å². The van der Waals surface area contributed by atoms with Gasteiger partial charge < -0.3 is 14.6 Å². The molecule has 0 spiro atoms. The van der Waals surface area contributed by atoms with Crippen molar-refractivity contribution >= 4 is 23.1 Å². The Kier molecular flexibility index (Phi) is 3.42. The van der Waals surface area contributed by atoms with Crippen LogP contribution in [-0.2, 0) is 0 Å². The first-order valence-electron chi connectivity index (χ1n) is 7.76. The molecule has 6 heteroatoms. The van der Waals surface area contributed by atoms with Crippen LogP contribution in [0.4, 0.5) is 11.5 Å². The first kappa shape index (κ1) is 13.8. The fraction of sp³-hybridized carbons (Fsp3) is 0.235. The third-order valence-electron chi connectivity index (χ3n) is 4.03. The summed E-state index contributed by atoms with van der Waals surface area (Å²) in [5, 5.41) is 2.84. The lowest BCUT2D eigenvalue weighted by molar-refractivity contribution is 0.102. The molecule has 0 aliphatic carbocycles. The largest absolute Gasteiger partial charge is 0.357 e. The van der Waals surface area contributed by atoms with Crippen molar-refractivity contribution in [3.8, 4) is 0 Å². The summed E-state index contributed by atoms with van der Waals surface area (Å²) >= 11 is 0.